The summed E-state index contributed by atoms with van der Waals surface area (Å²) >= 11 is 1.65. The first-order chi connectivity index (χ1) is 11.9. The van der Waals surface area contributed by atoms with Crippen LogP contribution in [0.3, 0.4) is 0 Å². The van der Waals surface area contributed by atoms with Gasteiger partial charge in [0.05, 0.1) is 11.5 Å². The van der Waals surface area contributed by atoms with Crippen molar-refractivity contribution in [2.24, 2.45) is 0 Å². The predicted octanol–water partition coefficient (Wildman–Crippen LogP) is 1.66. The molecule has 1 amide bonds. The van der Waals surface area contributed by atoms with Gasteiger partial charge >= 0.3 is 0 Å². The second-order valence-electron chi connectivity index (χ2n) is 6.20. The van der Waals surface area contributed by atoms with Gasteiger partial charge in [-0.15, -0.1) is 0 Å². The van der Waals surface area contributed by atoms with E-state index in [9.17, 15) is 18.3 Å². The third-order valence-electron chi connectivity index (χ3n) is 4.45. The highest BCUT2D eigenvalue weighted by molar-refractivity contribution is 7.98. The summed E-state index contributed by atoms with van der Waals surface area (Å²) in [5.41, 5.74) is 0.363. The Labute approximate surface area is 154 Å². The topological polar surface area (TPSA) is 77.9 Å². The largest absolute Gasteiger partial charge is 0.395 e. The van der Waals surface area contributed by atoms with Crippen LogP contribution < -0.4 is 0 Å². The van der Waals surface area contributed by atoms with Crippen LogP contribution in [-0.2, 0) is 10.0 Å². The minimum absolute atomic E-state index is 0.108. The van der Waals surface area contributed by atoms with Crippen LogP contribution in [0.1, 0.15) is 29.6 Å². The van der Waals surface area contributed by atoms with Crippen molar-refractivity contribution in [3.05, 3.63) is 29.8 Å². The van der Waals surface area contributed by atoms with Gasteiger partial charge in [-0.3, -0.25) is 4.79 Å². The van der Waals surface area contributed by atoms with Crippen molar-refractivity contribution in [3.8, 4) is 0 Å². The number of amides is 1. The quantitative estimate of drug-likeness (QED) is 0.771. The first kappa shape index (κ1) is 20.2. The fourth-order valence-electron chi connectivity index (χ4n) is 2.95. The van der Waals surface area contributed by atoms with Crippen molar-refractivity contribution in [1.82, 2.24) is 9.21 Å². The Balaban J connectivity index is 2.26. The van der Waals surface area contributed by atoms with E-state index in [1.54, 1.807) is 35.8 Å². The van der Waals surface area contributed by atoms with Crippen LogP contribution >= 0.6 is 11.8 Å². The lowest BCUT2D eigenvalue weighted by molar-refractivity contribution is 0.0803. The van der Waals surface area contributed by atoms with E-state index in [0.717, 1.165) is 18.6 Å². The standard InChI is InChI=1S/C17H26N2O4S2/c1-18(10-11-24-2)17(21)14-6-5-8-16(12-14)25(22,23)19-9-4-3-7-15(19)13-20/h5-6,8,12,15,20H,3-4,7,9-11,13H2,1-2H3/t15-/m1/s1. The van der Waals surface area contributed by atoms with Crippen LogP contribution in [0.25, 0.3) is 0 Å². The molecule has 0 aliphatic carbocycles. The maximum absolute atomic E-state index is 13.0. The highest BCUT2D eigenvalue weighted by Crippen LogP contribution is 2.25. The van der Waals surface area contributed by atoms with Gasteiger partial charge in [0, 0.05) is 37.5 Å². The normalized spacial score (nSPS) is 18.9. The lowest BCUT2D eigenvalue weighted by Gasteiger charge is -2.33. The maximum atomic E-state index is 13.0. The summed E-state index contributed by atoms with van der Waals surface area (Å²) in [6, 6.07) is 5.80. The van der Waals surface area contributed by atoms with Crippen LogP contribution in [0.5, 0.6) is 0 Å². The first-order valence-electron chi connectivity index (χ1n) is 8.39. The monoisotopic (exact) mass is 386 g/mol. The number of nitrogens with zero attached hydrogens (tertiary/aromatic N) is 2. The average molecular weight is 387 g/mol. The molecule has 140 valence electrons. The molecule has 0 aromatic heterocycles. The molecule has 1 aliphatic rings. The number of carbonyl (C=O) groups is 1. The second kappa shape index (κ2) is 9.02. The van der Waals surface area contributed by atoms with E-state index in [-0.39, 0.29) is 23.5 Å². The molecule has 0 spiro atoms. The zero-order valence-electron chi connectivity index (χ0n) is 14.7. The van der Waals surface area contributed by atoms with Gasteiger partial charge in [0.1, 0.15) is 0 Å². The summed E-state index contributed by atoms with van der Waals surface area (Å²) in [6.07, 6.45) is 4.33. The number of hydrogen-bond donors (Lipinski definition) is 1. The number of carbonyl (C=O) groups excluding carboxylic acids is 1. The molecule has 1 saturated heterocycles. The summed E-state index contributed by atoms with van der Waals surface area (Å²) in [7, 11) is -2.01. The minimum Gasteiger partial charge on any atom is -0.395 e. The molecule has 1 fully saturated rings. The van der Waals surface area contributed by atoms with E-state index >= 15 is 0 Å². The molecule has 1 heterocycles. The number of aliphatic hydroxyl groups excluding tert-OH is 1. The van der Waals surface area contributed by atoms with Crippen molar-refractivity contribution in [1.29, 1.82) is 0 Å². The van der Waals surface area contributed by atoms with E-state index in [0.29, 0.717) is 25.1 Å². The summed E-state index contributed by atoms with van der Waals surface area (Å²) in [6.45, 7) is 0.824. The van der Waals surface area contributed by atoms with Crippen molar-refractivity contribution in [2.45, 2.75) is 30.2 Å². The van der Waals surface area contributed by atoms with E-state index in [4.69, 9.17) is 0 Å². The van der Waals surface area contributed by atoms with Gasteiger partial charge in [-0.05, 0) is 37.3 Å². The number of rotatable bonds is 7. The van der Waals surface area contributed by atoms with Gasteiger partial charge in [-0.25, -0.2) is 8.42 Å². The second-order valence-corrected chi connectivity index (χ2v) is 9.07. The number of aliphatic hydroxyl groups is 1. The van der Waals surface area contributed by atoms with Gasteiger partial charge in [0.25, 0.3) is 5.91 Å². The average Bonchev–Trinajstić information content (AvgIpc) is 2.65. The molecule has 2 rings (SSSR count). The van der Waals surface area contributed by atoms with Crippen LogP contribution in [-0.4, -0.2) is 73.4 Å². The fraction of sp³-hybridized carbons (Fsp3) is 0.588. The molecule has 6 nitrogen and oxygen atoms in total. The number of hydrogen-bond acceptors (Lipinski definition) is 5. The molecule has 1 aliphatic heterocycles. The number of thioether (sulfide) groups is 1. The zero-order chi connectivity index (χ0) is 18.4. The van der Waals surface area contributed by atoms with Gasteiger partial charge in [0.15, 0.2) is 0 Å². The molecule has 1 aromatic rings. The van der Waals surface area contributed by atoms with Gasteiger partial charge in [-0.2, -0.15) is 16.1 Å². The number of benzene rings is 1. The Hall–Kier alpha value is -1.09. The molecule has 0 bridgehead atoms. The fourth-order valence-corrected chi connectivity index (χ4v) is 5.14. The molecule has 25 heavy (non-hydrogen) atoms. The Bertz CT molecular complexity index is 694. The third kappa shape index (κ3) is 4.75. The highest BCUT2D eigenvalue weighted by Gasteiger charge is 2.33. The van der Waals surface area contributed by atoms with Gasteiger partial charge in [0.2, 0.25) is 10.0 Å². The van der Waals surface area contributed by atoms with Gasteiger partial charge < -0.3 is 10.0 Å². The van der Waals surface area contributed by atoms with Crippen molar-refractivity contribution in [2.75, 3.05) is 38.8 Å². The first-order valence-corrected chi connectivity index (χ1v) is 11.2. The molecule has 8 heteroatoms. The Kier molecular flexibility index (Phi) is 7.30. The zero-order valence-corrected chi connectivity index (χ0v) is 16.4. The predicted molar refractivity (Wildman–Crippen MR) is 100 cm³/mol. The van der Waals surface area contributed by atoms with E-state index < -0.39 is 10.0 Å². The lowest BCUT2D eigenvalue weighted by Crippen LogP contribution is -2.45. The number of sulfonamides is 1. The summed E-state index contributed by atoms with van der Waals surface area (Å²) in [4.78, 5) is 14.2. The Morgan fingerprint density at radius 2 is 2.16 bits per heavy atom. The molecule has 1 N–H and O–H groups in total. The Morgan fingerprint density at radius 3 is 2.84 bits per heavy atom. The molecule has 1 atom stereocenters. The lowest BCUT2D eigenvalue weighted by atomic mass is 10.1. The smallest absolute Gasteiger partial charge is 0.253 e. The SMILES string of the molecule is CSCCN(C)C(=O)c1cccc(S(=O)(=O)N2CCCC[C@@H]2CO)c1. The molecule has 1 aromatic carbocycles. The Morgan fingerprint density at radius 1 is 1.40 bits per heavy atom. The van der Waals surface area contributed by atoms with E-state index in [1.807, 2.05) is 6.26 Å². The highest BCUT2D eigenvalue weighted by atomic mass is 32.2. The van der Waals surface area contributed by atoms with E-state index in [2.05, 4.69) is 0 Å². The van der Waals surface area contributed by atoms with Crippen molar-refractivity contribution >= 4 is 27.7 Å². The van der Waals surface area contributed by atoms with Crippen LogP contribution in [0, 0.1) is 0 Å². The molecular formula is C17H26N2O4S2. The maximum Gasteiger partial charge on any atom is 0.253 e. The molecular weight excluding hydrogens is 360 g/mol. The van der Waals surface area contributed by atoms with Crippen molar-refractivity contribution in [3.63, 3.8) is 0 Å². The number of piperidine rings is 1. The molecule has 0 saturated carbocycles. The van der Waals surface area contributed by atoms with E-state index in [1.165, 1.54) is 16.4 Å². The van der Waals surface area contributed by atoms with Crippen LogP contribution in [0.2, 0.25) is 0 Å². The summed E-state index contributed by atoms with van der Waals surface area (Å²) in [5, 5.41) is 9.50. The summed E-state index contributed by atoms with van der Waals surface area (Å²) < 4.78 is 27.3. The third-order valence-corrected chi connectivity index (χ3v) is 6.99. The van der Waals surface area contributed by atoms with Crippen LogP contribution in [0.4, 0.5) is 0 Å². The van der Waals surface area contributed by atoms with Crippen LogP contribution in [0.15, 0.2) is 29.2 Å². The minimum atomic E-state index is -3.72. The molecule has 0 unspecified atom stereocenters. The van der Waals surface area contributed by atoms with Crippen molar-refractivity contribution < 1.29 is 18.3 Å². The van der Waals surface area contributed by atoms with Gasteiger partial charge in [-0.1, -0.05) is 12.5 Å². The summed E-state index contributed by atoms with van der Waals surface area (Å²) in [5.74, 6) is 0.634. The molecule has 0 radical (unpaired) electrons.